The van der Waals surface area contributed by atoms with Crippen LogP contribution in [0.15, 0.2) is 5.38 Å². The Bertz CT molecular complexity index is 460. The fourth-order valence-corrected chi connectivity index (χ4v) is 3.16. The van der Waals surface area contributed by atoms with Crippen molar-refractivity contribution >= 4 is 17.2 Å². The lowest BCUT2D eigenvalue weighted by molar-refractivity contribution is -0.120. The maximum atomic E-state index is 11.9. The van der Waals surface area contributed by atoms with Gasteiger partial charge in [0.25, 0.3) is 0 Å². The van der Waals surface area contributed by atoms with Gasteiger partial charge in [0.05, 0.1) is 17.1 Å². The summed E-state index contributed by atoms with van der Waals surface area (Å²) >= 11 is 1.64. The van der Waals surface area contributed by atoms with E-state index in [1.807, 2.05) is 5.38 Å². The minimum absolute atomic E-state index is 0.0572. The molecule has 1 saturated heterocycles. The molecule has 0 saturated carbocycles. The monoisotopic (exact) mass is 310 g/mol. The number of aromatic nitrogens is 1. The van der Waals surface area contributed by atoms with Crippen LogP contribution in [-0.2, 0) is 16.6 Å². The van der Waals surface area contributed by atoms with Crippen LogP contribution in [0.1, 0.15) is 31.5 Å². The van der Waals surface area contributed by atoms with Gasteiger partial charge in [0.15, 0.2) is 0 Å². The van der Waals surface area contributed by atoms with E-state index in [1.165, 1.54) is 0 Å². The van der Waals surface area contributed by atoms with Gasteiger partial charge in [-0.05, 0) is 0 Å². The predicted octanol–water partition coefficient (Wildman–Crippen LogP) is 1.00. The molecular formula is C15H26N4OS. The molecule has 0 aromatic carbocycles. The molecule has 1 aliphatic rings. The first-order valence-electron chi connectivity index (χ1n) is 7.60. The SMILES string of the molecule is CC(C)(C)c1nc(CC(=O)NCCN2CCNCC2)cs1. The molecule has 0 atom stereocenters. The molecule has 0 spiro atoms. The van der Waals surface area contributed by atoms with Gasteiger partial charge in [-0.1, -0.05) is 20.8 Å². The number of hydrogen-bond donors (Lipinski definition) is 2. The van der Waals surface area contributed by atoms with Crippen molar-refractivity contribution < 1.29 is 4.79 Å². The fourth-order valence-electron chi connectivity index (χ4n) is 2.25. The smallest absolute Gasteiger partial charge is 0.226 e. The molecule has 2 N–H and O–H groups in total. The van der Waals surface area contributed by atoms with E-state index in [0.717, 1.165) is 50.0 Å². The normalized spacial score (nSPS) is 16.9. The Labute approximate surface area is 131 Å². The summed E-state index contributed by atoms with van der Waals surface area (Å²) in [5.74, 6) is 0.0656. The molecule has 0 radical (unpaired) electrons. The molecule has 1 aliphatic heterocycles. The van der Waals surface area contributed by atoms with Crippen LogP contribution in [0.5, 0.6) is 0 Å². The first-order valence-corrected chi connectivity index (χ1v) is 8.48. The van der Waals surface area contributed by atoms with Gasteiger partial charge < -0.3 is 10.6 Å². The molecular weight excluding hydrogens is 284 g/mol. The molecule has 5 nitrogen and oxygen atoms in total. The number of thiazole rings is 1. The molecule has 2 rings (SSSR count). The molecule has 0 unspecified atom stereocenters. The predicted molar refractivity (Wildman–Crippen MR) is 86.8 cm³/mol. The lowest BCUT2D eigenvalue weighted by Crippen LogP contribution is -2.46. The van der Waals surface area contributed by atoms with E-state index < -0.39 is 0 Å². The Morgan fingerprint density at radius 1 is 1.43 bits per heavy atom. The molecule has 118 valence electrons. The molecule has 21 heavy (non-hydrogen) atoms. The lowest BCUT2D eigenvalue weighted by Gasteiger charge is -2.27. The first kappa shape index (κ1) is 16.4. The number of rotatable bonds is 5. The van der Waals surface area contributed by atoms with Crippen LogP contribution >= 0.6 is 11.3 Å². The average Bonchev–Trinajstić information content (AvgIpc) is 2.88. The number of carbonyl (C=O) groups excluding carboxylic acids is 1. The summed E-state index contributed by atoms with van der Waals surface area (Å²) in [4.78, 5) is 18.9. The van der Waals surface area contributed by atoms with Gasteiger partial charge in [-0.3, -0.25) is 9.69 Å². The van der Waals surface area contributed by atoms with E-state index in [1.54, 1.807) is 11.3 Å². The highest BCUT2D eigenvalue weighted by Crippen LogP contribution is 2.25. The quantitative estimate of drug-likeness (QED) is 0.852. The second-order valence-electron chi connectivity index (χ2n) is 6.51. The maximum Gasteiger partial charge on any atom is 0.226 e. The van der Waals surface area contributed by atoms with Crippen LogP contribution in [-0.4, -0.2) is 55.1 Å². The topological polar surface area (TPSA) is 57.3 Å². The maximum absolute atomic E-state index is 11.9. The highest BCUT2D eigenvalue weighted by Gasteiger charge is 2.18. The minimum Gasteiger partial charge on any atom is -0.354 e. The zero-order valence-corrected chi connectivity index (χ0v) is 14.1. The Kier molecular flexibility index (Phi) is 5.72. The zero-order valence-electron chi connectivity index (χ0n) is 13.2. The van der Waals surface area contributed by atoms with Crippen molar-refractivity contribution in [1.82, 2.24) is 20.5 Å². The van der Waals surface area contributed by atoms with Crippen LogP contribution in [0.25, 0.3) is 0 Å². The van der Waals surface area contributed by atoms with Crippen LogP contribution < -0.4 is 10.6 Å². The van der Waals surface area contributed by atoms with E-state index in [2.05, 4.69) is 41.3 Å². The molecule has 1 fully saturated rings. The van der Waals surface area contributed by atoms with Crippen LogP contribution in [0.3, 0.4) is 0 Å². The number of hydrogen-bond acceptors (Lipinski definition) is 5. The molecule has 6 heteroatoms. The molecule has 1 aromatic rings. The van der Waals surface area contributed by atoms with Gasteiger partial charge in [0.2, 0.25) is 5.91 Å². The van der Waals surface area contributed by atoms with Crippen molar-refractivity contribution in [3.8, 4) is 0 Å². The summed E-state index contributed by atoms with van der Waals surface area (Å²) in [5, 5.41) is 9.40. The number of nitrogens with zero attached hydrogens (tertiary/aromatic N) is 2. The number of amides is 1. The second-order valence-corrected chi connectivity index (χ2v) is 7.37. The van der Waals surface area contributed by atoms with Crippen molar-refractivity contribution in [3.63, 3.8) is 0 Å². The fraction of sp³-hybridized carbons (Fsp3) is 0.733. The van der Waals surface area contributed by atoms with Crippen LogP contribution in [0.2, 0.25) is 0 Å². The Hall–Kier alpha value is -0.980. The van der Waals surface area contributed by atoms with E-state index in [0.29, 0.717) is 6.42 Å². The van der Waals surface area contributed by atoms with Gasteiger partial charge in [0, 0.05) is 50.1 Å². The van der Waals surface area contributed by atoms with E-state index in [4.69, 9.17) is 0 Å². The Morgan fingerprint density at radius 3 is 2.76 bits per heavy atom. The van der Waals surface area contributed by atoms with Crippen LogP contribution in [0.4, 0.5) is 0 Å². The average molecular weight is 310 g/mol. The number of piperazine rings is 1. The van der Waals surface area contributed by atoms with E-state index >= 15 is 0 Å². The number of carbonyl (C=O) groups is 1. The number of nitrogens with one attached hydrogen (secondary N) is 2. The van der Waals surface area contributed by atoms with Gasteiger partial charge in [-0.15, -0.1) is 11.3 Å². The van der Waals surface area contributed by atoms with Crippen molar-refractivity contribution in [1.29, 1.82) is 0 Å². The van der Waals surface area contributed by atoms with Gasteiger partial charge in [0.1, 0.15) is 0 Å². The molecule has 2 heterocycles. The highest BCUT2D eigenvalue weighted by atomic mass is 32.1. The summed E-state index contributed by atoms with van der Waals surface area (Å²) in [6.45, 7) is 12.3. The minimum atomic E-state index is 0.0572. The third-order valence-corrected chi connectivity index (χ3v) is 4.81. The second kappa shape index (κ2) is 7.33. The van der Waals surface area contributed by atoms with Gasteiger partial charge >= 0.3 is 0 Å². The third-order valence-electron chi connectivity index (χ3n) is 3.49. The first-order chi connectivity index (χ1) is 9.95. The molecule has 0 aliphatic carbocycles. The van der Waals surface area contributed by atoms with Gasteiger partial charge in [-0.2, -0.15) is 0 Å². The summed E-state index contributed by atoms with van der Waals surface area (Å²) in [7, 11) is 0. The van der Waals surface area contributed by atoms with Crippen molar-refractivity contribution in [3.05, 3.63) is 16.1 Å². The standard InChI is InChI=1S/C15H26N4OS/c1-15(2,3)14-18-12(11-21-14)10-13(20)17-6-9-19-7-4-16-5-8-19/h11,16H,4-10H2,1-3H3,(H,17,20). The van der Waals surface area contributed by atoms with Crippen molar-refractivity contribution in [2.24, 2.45) is 0 Å². The van der Waals surface area contributed by atoms with Crippen LogP contribution in [0, 0.1) is 0 Å². The van der Waals surface area contributed by atoms with E-state index in [-0.39, 0.29) is 11.3 Å². The van der Waals surface area contributed by atoms with Gasteiger partial charge in [-0.25, -0.2) is 4.98 Å². The summed E-state index contributed by atoms with van der Waals surface area (Å²) in [6.07, 6.45) is 0.383. The molecule has 1 aromatic heterocycles. The molecule has 1 amide bonds. The molecule has 0 bridgehead atoms. The summed E-state index contributed by atoms with van der Waals surface area (Å²) in [6, 6.07) is 0. The largest absolute Gasteiger partial charge is 0.354 e. The third kappa shape index (κ3) is 5.37. The Balaban J connectivity index is 1.70. The zero-order chi connectivity index (χ0) is 15.3. The lowest BCUT2D eigenvalue weighted by atomic mass is 9.98. The Morgan fingerprint density at radius 2 is 2.14 bits per heavy atom. The summed E-state index contributed by atoms with van der Waals surface area (Å²) < 4.78 is 0. The van der Waals surface area contributed by atoms with E-state index in [9.17, 15) is 4.79 Å². The van der Waals surface area contributed by atoms with Crippen molar-refractivity contribution in [2.45, 2.75) is 32.6 Å². The van der Waals surface area contributed by atoms with Crippen molar-refractivity contribution in [2.75, 3.05) is 39.3 Å². The highest BCUT2D eigenvalue weighted by molar-refractivity contribution is 7.09. The summed E-state index contributed by atoms with van der Waals surface area (Å²) in [5.41, 5.74) is 0.936.